The van der Waals surface area contributed by atoms with Crippen LogP contribution in [0.25, 0.3) is 17.3 Å². The molecule has 0 unspecified atom stereocenters. The summed E-state index contributed by atoms with van der Waals surface area (Å²) < 4.78 is 15.0. The molecule has 1 heterocycles. The van der Waals surface area contributed by atoms with Gasteiger partial charge in [-0.2, -0.15) is 5.26 Å². The zero-order valence-corrected chi connectivity index (χ0v) is 14.9. The molecule has 0 aliphatic heterocycles. The van der Waals surface area contributed by atoms with Crippen molar-refractivity contribution in [2.75, 3.05) is 0 Å². The van der Waals surface area contributed by atoms with Crippen LogP contribution in [-0.4, -0.2) is 15.6 Å². The Bertz CT molecular complexity index is 1090. The van der Waals surface area contributed by atoms with Crippen LogP contribution < -0.4 is 0 Å². The summed E-state index contributed by atoms with van der Waals surface area (Å²) in [5.41, 5.74) is 4.26. The SMILES string of the molecule is Cc1cc(C=C(C#N)c2ccc(F)cc2)c(C)n1-c1ccccc1C(=O)O. The maximum Gasteiger partial charge on any atom is 0.337 e. The van der Waals surface area contributed by atoms with Gasteiger partial charge in [-0.25, -0.2) is 9.18 Å². The van der Waals surface area contributed by atoms with Crippen LogP contribution in [0.2, 0.25) is 0 Å². The second-order valence-electron chi connectivity index (χ2n) is 6.16. The van der Waals surface area contributed by atoms with Gasteiger partial charge in [0.1, 0.15) is 5.82 Å². The van der Waals surface area contributed by atoms with Gasteiger partial charge in [0.15, 0.2) is 0 Å². The first-order chi connectivity index (χ1) is 12.9. The lowest BCUT2D eigenvalue weighted by Gasteiger charge is -2.12. The molecule has 27 heavy (non-hydrogen) atoms. The van der Waals surface area contributed by atoms with Gasteiger partial charge in [0.2, 0.25) is 0 Å². The van der Waals surface area contributed by atoms with Crippen LogP contribution in [0.5, 0.6) is 0 Å². The molecular weight excluding hydrogens is 343 g/mol. The second-order valence-corrected chi connectivity index (χ2v) is 6.16. The summed E-state index contributed by atoms with van der Waals surface area (Å²) in [7, 11) is 0. The molecule has 2 aromatic carbocycles. The third-order valence-electron chi connectivity index (χ3n) is 4.42. The lowest BCUT2D eigenvalue weighted by atomic mass is 10.0. The minimum absolute atomic E-state index is 0.203. The first kappa shape index (κ1) is 18.2. The van der Waals surface area contributed by atoms with Crippen LogP contribution in [0, 0.1) is 31.0 Å². The molecule has 1 aromatic heterocycles. The molecule has 0 bridgehead atoms. The fraction of sp³-hybridized carbons (Fsp3) is 0.0909. The molecule has 0 radical (unpaired) electrons. The van der Waals surface area contributed by atoms with E-state index in [1.54, 1.807) is 42.5 Å². The number of hydrogen-bond acceptors (Lipinski definition) is 2. The minimum atomic E-state index is -1.00. The highest BCUT2D eigenvalue weighted by Gasteiger charge is 2.16. The number of rotatable bonds is 4. The zero-order valence-electron chi connectivity index (χ0n) is 14.9. The van der Waals surface area contributed by atoms with Gasteiger partial charge in [-0.05, 0) is 61.4 Å². The summed E-state index contributed by atoms with van der Waals surface area (Å²) in [4.78, 5) is 11.6. The van der Waals surface area contributed by atoms with Gasteiger partial charge in [-0.1, -0.05) is 24.3 Å². The summed E-state index contributed by atoms with van der Waals surface area (Å²) in [6, 6.07) is 16.6. The Morgan fingerprint density at radius 1 is 1.15 bits per heavy atom. The van der Waals surface area contributed by atoms with Crippen LogP contribution >= 0.6 is 0 Å². The number of benzene rings is 2. The van der Waals surface area contributed by atoms with Crippen LogP contribution in [0.1, 0.15) is 32.9 Å². The number of aryl methyl sites for hydroxylation is 1. The molecule has 0 aliphatic carbocycles. The van der Waals surface area contributed by atoms with E-state index in [9.17, 15) is 19.6 Å². The number of para-hydroxylation sites is 1. The first-order valence-corrected chi connectivity index (χ1v) is 8.31. The van der Waals surface area contributed by atoms with E-state index in [0.717, 1.165) is 17.0 Å². The Kier molecular flexibility index (Phi) is 4.91. The van der Waals surface area contributed by atoms with E-state index in [1.165, 1.54) is 12.1 Å². The van der Waals surface area contributed by atoms with Gasteiger partial charge < -0.3 is 9.67 Å². The van der Waals surface area contributed by atoms with Gasteiger partial charge in [-0.15, -0.1) is 0 Å². The number of hydrogen-bond donors (Lipinski definition) is 1. The summed E-state index contributed by atoms with van der Waals surface area (Å²) in [5.74, 6) is -1.36. The van der Waals surface area contributed by atoms with Gasteiger partial charge in [0.25, 0.3) is 0 Å². The number of carboxylic acids is 1. The highest BCUT2D eigenvalue weighted by atomic mass is 19.1. The second kappa shape index (κ2) is 7.30. The van der Waals surface area contributed by atoms with Gasteiger partial charge in [0, 0.05) is 11.4 Å². The average molecular weight is 360 g/mol. The number of aromatic carboxylic acids is 1. The van der Waals surface area contributed by atoms with Crippen molar-refractivity contribution >= 4 is 17.6 Å². The predicted octanol–water partition coefficient (Wildman–Crippen LogP) is 5.00. The standard InChI is InChI=1S/C22H17FN2O2/c1-14-11-17(12-18(13-24)16-7-9-19(23)10-8-16)15(2)25(14)21-6-4-3-5-20(21)22(26)27/h3-12H,1-2H3,(H,26,27). The number of nitriles is 1. The topological polar surface area (TPSA) is 66.0 Å². The Morgan fingerprint density at radius 2 is 1.81 bits per heavy atom. The molecule has 0 amide bonds. The maximum absolute atomic E-state index is 13.1. The number of aromatic nitrogens is 1. The number of nitrogens with zero attached hydrogens (tertiary/aromatic N) is 2. The highest BCUT2D eigenvalue weighted by molar-refractivity contribution is 5.93. The van der Waals surface area contributed by atoms with Crippen molar-refractivity contribution < 1.29 is 14.3 Å². The van der Waals surface area contributed by atoms with Crippen molar-refractivity contribution in [1.29, 1.82) is 5.26 Å². The smallest absolute Gasteiger partial charge is 0.337 e. The number of carbonyl (C=O) groups is 1. The van der Waals surface area contributed by atoms with E-state index in [1.807, 2.05) is 24.5 Å². The van der Waals surface area contributed by atoms with E-state index in [2.05, 4.69) is 6.07 Å². The summed E-state index contributed by atoms with van der Waals surface area (Å²) >= 11 is 0. The molecule has 3 aromatic rings. The number of halogens is 1. The van der Waals surface area contributed by atoms with E-state index < -0.39 is 5.97 Å². The van der Waals surface area contributed by atoms with Crippen molar-refractivity contribution in [3.63, 3.8) is 0 Å². The molecule has 0 saturated carbocycles. The Hall–Kier alpha value is -3.65. The monoisotopic (exact) mass is 360 g/mol. The van der Waals surface area contributed by atoms with Gasteiger partial charge >= 0.3 is 5.97 Å². The molecule has 5 heteroatoms. The molecule has 134 valence electrons. The van der Waals surface area contributed by atoms with Gasteiger partial charge in [0.05, 0.1) is 22.9 Å². The molecular formula is C22H17FN2O2. The van der Waals surface area contributed by atoms with E-state index >= 15 is 0 Å². The molecule has 0 saturated heterocycles. The highest BCUT2D eigenvalue weighted by Crippen LogP contribution is 2.27. The Balaban J connectivity index is 2.13. The van der Waals surface area contributed by atoms with Crippen molar-refractivity contribution in [3.8, 4) is 11.8 Å². The molecule has 0 aliphatic rings. The molecule has 0 atom stereocenters. The summed E-state index contributed by atoms with van der Waals surface area (Å²) in [6.07, 6.45) is 1.73. The Morgan fingerprint density at radius 3 is 2.44 bits per heavy atom. The Labute approximate surface area is 156 Å². The van der Waals surface area contributed by atoms with E-state index in [4.69, 9.17) is 0 Å². The number of carboxylic acid groups (broad SMARTS) is 1. The third-order valence-corrected chi connectivity index (χ3v) is 4.42. The largest absolute Gasteiger partial charge is 0.478 e. The van der Waals surface area contributed by atoms with Crippen LogP contribution in [0.4, 0.5) is 4.39 Å². The number of allylic oxidation sites excluding steroid dienone is 1. The predicted molar refractivity (Wildman–Crippen MR) is 102 cm³/mol. The van der Waals surface area contributed by atoms with Gasteiger partial charge in [-0.3, -0.25) is 0 Å². The van der Waals surface area contributed by atoms with Crippen LogP contribution in [-0.2, 0) is 0 Å². The van der Waals surface area contributed by atoms with Crippen LogP contribution in [0.15, 0.2) is 54.6 Å². The quantitative estimate of drug-likeness (QED) is 0.666. The minimum Gasteiger partial charge on any atom is -0.478 e. The molecule has 0 fully saturated rings. The fourth-order valence-corrected chi connectivity index (χ4v) is 3.12. The summed E-state index contributed by atoms with van der Waals surface area (Å²) in [6.45, 7) is 3.75. The van der Waals surface area contributed by atoms with Crippen molar-refractivity contribution in [2.24, 2.45) is 0 Å². The first-order valence-electron chi connectivity index (χ1n) is 8.31. The summed E-state index contributed by atoms with van der Waals surface area (Å²) in [5, 5.41) is 19.0. The van der Waals surface area contributed by atoms with Crippen molar-refractivity contribution in [3.05, 3.63) is 88.5 Å². The normalized spacial score (nSPS) is 11.3. The molecule has 0 spiro atoms. The third kappa shape index (κ3) is 3.51. The fourth-order valence-electron chi connectivity index (χ4n) is 3.12. The molecule has 4 nitrogen and oxygen atoms in total. The maximum atomic E-state index is 13.1. The van der Waals surface area contributed by atoms with E-state index in [0.29, 0.717) is 16.8 Å². The molecule has 3 rings (SSSR count). The van der Waals surface area contributed by atoms with Crippen molar-refractivity contribution in [2.45, 2.75) is 13.8 Å². The zero-order chi connectivity index (χ0) is 19.6. The van der Waals surface area contributed by atoms with Crippen molar-refractivity contribution in [1.82, 2.24) is 4.57 Å². The lowest BCUT2D eigenvalue weighted by molar-refractivity contribution is 0.0697. The lowest BCUT2D eigenvalue weighted by Crippen LogP contribution is -2.07. The molecule has 1 N–H and O–H groups in total. The van der Waals surface area contributed by atoms with Crippen LogP contribution in [0.3, 0.4) is 0 Å². The average Bonchev–Trinajstić information content (AvgIpc) is 2.93. The van der Waals surface area contributed by atoms with E-state index in [-0.39, 0.29) is 11.4 Å².